The summed E-state index contributed by atoms with van der Waals surface area (Å²) >= 11 is 6.20. The number of rotatable bonds is 4. The first-order chi connectivity index (χ1) is 11.5. The first-order valence-corrected chi connectivity index (χ1v) is 8.10. The van der Waals surface area contributed by atoms with Crippen LogP contribution in [-0.4, -0.2) is 9.97 Å². The number of aryl methyl sites for hydroxylation is 3. The van der Waals surface area contributed by atoms with Crippen LogP contribution in [0.2, 0.25) is 5.02 Å². The second-order valence-electron chi connectivity index (χ2n) is 5.77. The van der Waals surface area contributed by atoms with Crippen LogP contribution in [0.5, 0.6) is 0 Å². The average molecular weight is 339 g/mol. The summed E-state index contributed by atoms with van der Waals surface area (Å²) < 4.78 is 0. The van der Waals surface area contributed by atoms with Crippen molar-refractivity contribution in [3.05, 3.63) is 70.4 Å². The summed E-state index contributed by atoms with van der Waals surface area (Å²) in [6.07, 6.45) is 0. The predicted octanol–water partition coefficient (Wildman–Crippen LogP) is 5.54. The van der Waals surface area contributed by atoms with Gasteiger partial charge in [0.1, 0.15) is 5.82 Å². The molecule has 2 aromatic carbocycles. The summed E-state index contributed by atoms with van der Waals surface area (Å²) in [7, 11) is 0. The molecule has 0 bridgehead atoms. The van der Waals surface area contributed by atoms with E-state index in [1.165, 1.54) is 5.56 Å². The van der Waals surface area contributed by atoms with Crippen molar-refractivity contribution in [2.75, 3.05) is 10.6 Å². The monoisotopic (exact) mass is 338 g/mol. The fraction of sp³-hybridized carbons (Fsp3) is 0.158. The molecule has 1 heterocycles. The van der Waals surface area contributed by atoms with Crippen LogP contribution in [0.1, 0.15) is 16.8 Å². The van der Waals surface area contributed by atoms with Gasteiger partial charge in [-0.05, 0) is 50.1 Å². The van der Waals surface area contributed by atoms with Crippen molar-refractivity contribution >= 4 is 34.7 Å². The van der Waals surface area contributed by atoms with Crippen molar-refractivity contribution in [1.29, 1.82) is 0 Å². The quantitative estimate of drug-likeness (QED) is 0.655. The van der Waals surface area contributed by atoms with Crippen molar-refractivity contribution < 1.29 is 0 Å². The summed E-state index contributed by atoms with van der Waals surface area (Å²) in [6.45, 7) is 6.06. The van der Waals surface area contributed by atoms with E-state index in [4.69, 9.17) is 11.6 Å². The first-order valence-electron chi connectivity index (χ1n) is 7.73. The molecule has 0 aliphatic heterocycles. The second kappa shape index (κ2) is 6.89. The second-order valence-corrected chi connectivity index (χ2v) is 6.17. The number of nitrogens with one attached hydrogen (secondary N) is 2. The molecule has 0 spiro atoms. The number of benzene rings is 2. The fourth-order valence-electron chi connectivity index (χ4n) is 2.38. The Morgan fingerprint density at radius 3 is 2.42 bits per heavy atom. The molecule has 0 saturated carbocycles. The molecule has 0 saturated heterocycles. The molecule has 24 heavy (non-hydrogen) atoms. The van der Waals surface area contributed by atoms with Gasteiger partial charge in [-0.3, -0.25) is 0 Å². The van der Waals surface area contributed by atoms with Crippen molar-refractivity contribution in [3.63, 3.8) is 0 Å². The standard InChI is InChI=1S/C19H19ClN4/c1-12-8-9-13(2)17(10-12)23-19-21-14(3)11-18(24-19)22-16-7-5-4-6-15(16)20/h4-11H,1-3H3,(H2,21,22,23,24). The van der Waals surface area contributed by atoms with E-state index in [0.717, 1.165) is 22.6 Å². The van der Waals surface area contributed by atoms with Crippen LogP contribution in [0.3, 0.4) is 0 Å². The SMILES string of the molecule is Cc1ccc(C)c(Nc2nc(C)cc(Nc3ccccc3Cl)n2)c1. The molecule has 0 atom stereocenters. The number of para-hydroxylation sites is 1. The van der Waals surface area contributed by atoms with Crippen LogP contribution >= 0.6 is 11.6 Å². The maximum Gasteiger partial charge on any atom is 0.229 e. The molecular weight excluding hydrogens is 320 g/mol. The third kappa shape index (κ3) is 3.84. The van der Waals surface area contributed by atoms with E-state index in [1.807, 2.05) is 37.3 Å². The van der Waals surface area contributed by atoms with Gasteiger partial charge in [0.15, 0.2) is 0 Å². The molecule has 0 aliphatic carbocycles. The van der Waals surface area contributed by atoms with E-state index < -0.39 is 0 Å². The van der Waals surface area contributed by atoms with Gasteiger partial charge in [-0.2, -0.15) is 4.98 Å². The van der Waals surface area contributed by atoms with E-state index >= 15 is 0 Å². The Balaban J connectivity index is 1.89. The summed E-state index contributed by atoms with van der Waals surface area (Å²) in [5.74, 6) is 1.25. The molecule has 3 rings (SSSR count). The van der Waals surface area contributed by atoms with Gasteiger partial charge < -0.3 is 10.6 Å². The smallest absolute Gasteiger partial charge is 0.229 e. The largest absolute Gasteiger partial charge is 0.339 e. The molecule has 0 aliphatic rings. The number of hydrogen-bond acceptors (Lipinski definition) is 4. The summed E-state index contributed by atoms with van der Waals surface area (Å²) in [6, 6.07) is 15.7. The highest BCUT2D eigenvalue weighted by molar-refractivity contribution is 6.33. The zero-order valence-electron chi connectivity index (χ0n) is 13.9. The number of nitrogens with zero attached hydrogens (tertiary/aromatic N) is 2. The highest BCUT2D eigenvalue weighted by Crippen LogP contribution is 2.26. The van der Waals surface area contributed by atoms with Gasteiger partial charge in [0.2, 0.25) is 5.95 Å². The summed E-state index contributed by atoms with van der Waals surface area (Å²) in [5.41, 5.74) is 5.02. The molecule has 2 N–H and O–H groups in total. The highest BCUT2D eigenvalue weighted by atomic mass is 35.5. The Morgan fingerprint density at radius 2 is 1.62 bits per heavy atom. The zero-order chi connectivity index (χ0) is 17.1. The molecule has 1 aromatic heterocycles. The Morgan fingerprint density at radius 1 is 0.833 bits per heavy atom. The number of halogens is 1. The molecule has 122 valence electrons. The van der Waals surface area contributed by atoms with Gasteiger partial charge in [-0.15, -0.1) is 0 Å². The van der Waals surface area contributed by atoms with Crippen LogP contribution in [-0.2, 0) is 0 Å². The Kier molecular flexibility index (Phi) is 4.67. The average Bonchev–Trinajstić information content (AvgIpc) is 2.53. The van der Waals surface area contributed by atoms with Crippen LogP contribution in [0.15, 0.2) is 48.5 Å². The Labute approximate surface area is 146 Å². The highest BCUT2D eigenvalue weighted by Gasteiger charge is 2.07. The van der Waals surface area contributed by atoms with E-state index in [1.54, 1.807) is 0 Å². The molecule has 0 unspecified atom stereocenters. The lowest BCUT2D eigenvalue weighted by atomic mass is 10.1. The Bertz CT molecular complexity index is 877. The number of anilines is 4. The van der Waals surface area contributed by atoms with Crippen molar-refractivity contribution in [1.82, 2.24) is 9.97 Å². The number of aromatic nitrogens is 2. The third-order valence-corrected chi connectivity index (χ3v) is 3.96. The minimum atomic E-state index is 0.554. The maximum absolute atomic E-state index is 6.20. The van der Waals surface area contributed by atoms with Gasteiger partial charge in [-0.25, -0.2) is 4.98 Å². The zero-order valence-corrected chi connectivity index (χ0v) is 14.6. The summed E-state index contributed by atoms with van der Waals surface area (Å²) in [4.78, 5) is 9.01. The van der Waals surface area contributed by atoms with Gasteiger partial charge in [-0.1, -0.05) is 35.9 Å². The number of hydrogen-bond donors (Lipinski definition) is 2. The van der Waals surface area contributed by atoms with E-state index in [0.29, 0.717) is 16.8 Å². The van der Waals surface area contributed by atoms with Crippen LogP contribution < -0.4 is 10.6 Å². The van der Waals surface area contributed by atoms with Crippen LogP contribution in [0, 0.1) is 20.8 Å². The molecule has 0 amide bonds. The van der Waals surface area contributed by atoms with Crippen LogP contribution in [0.4, 0.5) is 23.1 Å². The summed E-state index contributed by atoms with van der Waals surface area (Å²) in [5, 5.41) is 7.19. The van der Waals surface area contributed by atoms with Crippen molar-refractivity contribution in [2.24, 2.45) is 0 Å². The molecule has 0 radical (unpaired) electrons. The van der Waals surface area contributed by atoms with E-state index in [2.05, 4.69) is 52.6 Å². The van der Waals surface area contributed by atoms with Gasteiger partial charge >= 0.3 is 0 Å². The minimum Gasteiger partial charge on any atom is -0.339 e. The molecule has 5 heteroatoms. The maximum atomic E-state index is 6.20. The predicted molar refractivity (Wildman–Crippen MR) is 101 cm³/mol. The first kappa shape index (κ1) is 16.3. The van der Waals surface area contributed by atoms with Crippen molar-refractivity contribution in [3.8, 4) is 0 Å². The van der Waals surface area contributed by atoms with E-state index in [-0.39, 0.29) is 0 Å². The van der Waals surface area contributed by atoms with E-state index in [9.17, 15) is 0 Å². The van der Waals surface area contributed by atoms with Gasteiger partial charge in [0.25, 0.3) is 0 Å². The molecular formula is C19H19ClN4. The lowest BCUT2D eigenvalue weighted by molar-refractivity contribution is 1.10. The lowest BCUT2D eigenvalue weighted by Crippen LogP contribution is -2.03. The minimum absolute atomic E-state index is 0.554. The van der Waals surface area contributed by atoms with Crippen molar-refractivity contribution in [2.45, 2.75) is 20.8 Å². The lowest BCUT2D eigenvalue weighted by Gasteiger charge is -2.12. The third-order valence-electron chi connectivity index (χ3n) is 3.63. The normalized spacial score (nSPS) is 10.5. The van der Waals surface area contributed by atoms with Crippen LogP contribution in [0.25, 0.3) is 0 Å². The molecule has 3 aromatic rings. The fourth-order valence-corrected chi connectivity index (χ4v) is 2.56. The van der Waals surface area contributed by atoms with Gasteiger partial charge in [0.05, 0.1) is 10.7 Å². The molecule has 4 nitrogen and oxygen atoms in total. The topological polar surface area (TPSA) is 49.8 Å². The van der Waals surface area contributed by atoms with Gasteiger partial charge in [0, 0.05) is 17.4 Å². The Hall–Kier alpha value is -2.59. The molecule has 0 fully saturated rings.